The number of nitrogens with one attached hydrogen (secondary N) is 1. The van der Waals surface area contributed by atoms with E-state index >= 15 is 0 Å². The second-order valence-corrected chi connectivity index (χ2v) is 8.31. The Kier molecular flexibility index (Phi) is 5.74. The fourth-order valence-electron chi connectivity index (χ4n) is 2.15. The molecule has 0 aliphatic rings. The summed E-state index contributed by atoms with van der Waals surface area (Å²) in [6.45, 7) is 4.17. The summed E-state index contributed by atoms with van der Waals surface area (Å²) < 4.78 is 0. The van der Waals surface area contributed by atoms with Crippen LogP contribution in [0, 0.1) is 0 Å². The maximum absolute atomic E-state index is 12.2. The molecule has 8 heteroatoms. The molecule has 1 N–H and O–H groups in total. The van der Waals surface area contributed by atoms with Gasteiger partial charge < -0.3 is 5.32 Å². The molecule has 2 heterocycles. The lowest BCUT2D eigenvalue weighted by molar-refractivity contribution is -0.115. The van der Waals surface area contributed by atoms with Crippen molar-refractivity contribution in [1.29, 1.82) is 0 Å². The molecular weight excluding hydrogens is 397 g/mol. The highest BCUT2D eigenvalue weighted by Crippen LogP contribution is 2.32. The third-order valence-corrected chi connectivity index (χ3v) is 5.86. The highest BCUT2D eigenvalue weighted by Gasteiger charge is 2.13. The van der Waals surface area contributed by atoms with Gasteiger partial charge in [0.05, 0.1) is 27.8 Å². The van der Waals surface area contributed by atoms with E-state index in [9.17, 15) is 4.79 Å². The minimum absolute atomic E-state index is 0.135. The molecule has 0 radical (unpaired) electrons. The first kappa shape index (κ1) is 18.3. The van der Waals surface area contributed by atoms with Crippen molar-refractivity contribution >= 4 is 56.9 Å². The Labute approximate surface area is 163 Å². The summed E-state index contributed by atoms with van der Waals surface area (Å²) in [5, 5.41) is 9.26. The van der Waals surface area contributed by atoms with Gasteiger partial charge >= 0.3 is 0 Å². The average molecular weight is 412 g/mol. The maximum atomic E-state index is 12.2. The molecule has 1 aromatic carbocycles. The number of hydrogen-bond acceptors (Lipinski definition) is 5. The fraction of sp³-hybridized carbons (Fsp3) is 0.235. The summed E-state index contributed by atoms with van der Waals surface area (Å²) in [5.74, 6) is 0.233. The quantitative estimate of drug-likeness (QED) is 0.570. The Balaban J connectivity index is 1.67. The van der Waals surface area contributed by atoms with E-state index in [0.29, 0.717) is 26.8 Å². The van der Waals surface area contributed by atoms with Gasteiger partial charge in [0.15, 0.2) is 5.13 Å². The summed E-state index contributed by atoms with van der Waals surface area (Å²) >= 11 is 15.0. The Morgan fingerprint density at radius 2 is 2.00 bits per heavy atom. The largest absolute Gasteiger partial charge is 0.302 e. The van der Waals surface area contributed by atoms with Crippen LogP contribution in [0.1, 0.15) is 30.5 Å². The molecule has 1 amide bonds. The molecule has 0 unspecified atom stereocenters. The van der Waals surface area contributed by atoms with E-state index in [-0.39, 0.29) is 12.3 Å². The fourth-order valence-corrected chi connectivity index (χ4v) is 4.22. The van der Waals surface area contributed by atoms with Gasteiger partial charge in [-0.1, -0.05) is 37.0 Å². The number of anilines is 1. The Bertz CT molecular complexity index is 905. The molecule has 0 saturated heterocycles. The number of hydrogen-bond donors (Lipinski definition) is 1. The van der Waals surface area contributed by atoms with Crippen molar-refractivity contribution in [2.75, 3.05) is 5.32 Å². The maximum Gasteiger partial charge on any atom is 0.232 e. The van der Waals surface area contributed by atoms with Gasteiger partial charge in [-0.15, -0.1) is 22.7 Å². The number of carbonyl (C=O) groups excluding carboxylic acids is 1. The van der Waals surface area contributed by atoms with Crippen LogP contribution < -0.4 is 5.32 Å². The van der Waals surface area contributed by atoms with Crippen molar-refractivity contribution in [3.8, 4) is 11.3 Å². The van der Waals surface area contributed by atoms with Crippen LogP contribution in [0.15, 0.2) is 29.0 Å². The Hall–Kier alpha value is -1.47. The first-order valence-corrected chi connectivity index (χ1v) is 10.1. The van der Waals surface area contributed by atoms with Crippen LogP contribution in [0.25, 0.3) is 11.3 Å². The number of nitrogens with zero attached hydrogens (tertiary/aromatic N) is 2. The van der Waals surface area contributed by atoms with Crippen molar-refractivity contribution in [2.24, 2.45) is 0 Å². The summed E-state index contributed by atoms with van der Waals surface area (Å²) in [4.78, 5) is 21.1. The summed E-state index contributed by atoms with van der Waals surface area (Å²) in [6, 6.07) is 5.24. The number of amides is 1. The second kappa shape index (κ2) is 7.83. The minimum atomic E-state index is -0.135. The van der Waals surface area contributed by atoms with Gasteiger partial charge in [0.25, 0.3) is 0 Å². The number of aromatic nitrogens is 2. The molecule has 25 heavy (non-hydrogen) atoms. The standard InChI is InChI=1S/C17H15Cl2N3OS2/c1-9(2)16-20-11(7-24-16)6-15(23)22-17-21-14(8-25-17)12-4-3-10(18)5-13(12)19/h3-5,7-9H,6H2,1-2H3,(H,21,22,23). The number of rotatable bonds is 5. The molecule has 0 saturated carbocycles. The number of halogens is 2. The lowest BCUT2D eigenvalue weighted by Gasteiger charge is -2.02. The highest BCUT2D eigenvalue weighted by atomic mass is 35.5. The van der Waals surface area contributed by atoms with E-state index in [2.05, 4.69) is 29.1 Å². The first-order valence-electron chi connectivity index (χ1n) is 7.57. The van der Waals surface area contributed by atoms with Gasteiger partial charge in [-0.3, -0.25) is 4.79 Å². The predicted molar refractivity (Wildman–Crippen MR) is 106 cm³/mol. The zero-order valence-electron chi connectivity index (χ0n) is 13.5. The monoisotopic (exact) mass is 411 g/mol. The van der Waals surface area contributed by atoms with Gasteiger partial charge in [-0.2, -0.15) is 0 Å². The van der Waals surface area contributed by atoms with Crippen LogP contribution in [-0.4, -0.2) is 15.9 Å². The van der Waals surface area contributed by atoms with Gasteiger partial charge in [0.2, 0.25) is 5.91 Å². The summed E-state index contributed by atoms with van der Waals surface area (Å²) in [6.07, 6.45) is 0.236. The summed E-state index contributed by atoms with van der Waals surface area (Å²) in [7, 11) is 0. The van der Waals surface area contributed by atoms with Crippen LogP contribution in [-0.2, 0) is 11.2 Å². The molecule has 0 aliphatic heterocycles. The van der Waals surface area contributed by atoms with E-state index in [1.165, 1.54) is 11.3 Å². The highest BCUT2D eigenvalue weighted by molar-refractivity contribution is 7.14. The molecule has 3 aromatic rings. The van der Waals surface area contributed by atoms with E-state index < -0.39 is 0 Å². The van der Waals surface area contributed by atoms with E-state index in [0.717, 1.165) is 16.3 Å². The molecular formula is C17H15Cl2N3OS2. The first-order chi connectivity index (χ1) is 11.9. The van der Waals surface area contributed by atoms with Crippen molar-refractivity contribution in [3.63, 3.8) is 0 Å². The van der Waals surface area contributed by atoms with Crippen molar-refractivity contribution in [3.05, 3.63) is 49.7 Å². The van der Waals surface area contributed by atoms with Crippen LogP contribution in [0.5, 0.6) is 0 Å². The van der Waals surface area contributed by atoms with E-state index in [1.807, 2.05) is 16.8 Å². The van der Waals surface area contributed by atoms with Crippen LogP contribution in [0.2, 0.25) is 10.0 Å². The SMILES string of the molecule is CC(C)c1nc(CC(=O)Nc2nc(-c3ccc(Cl)cc3Cl)cs2)cs1. The Morgan fingerprint density at radius 1 is 1.20 bits per heavy atom. The van der Waals surface area contributed by atoms with Gasteiger partial charge in [-0.05, 0) is 18.2 Å². The molecule has 0 aliphatic carbocycles. The van der Waals surface area contributed by atoms with Crippen LogP contribution >= 0.6 is 45.9 Å². The second-order valence-electron chi connectivity index (χ2n) is 5.72. The smallest absolute Gasteiger partial charge is 0.232 e. The van der Waals surface area contributed by atoms with E-state index in [4.69, 9.17) is 23.2 Å². The molecule has 3 rings (SSSR count). The number of carbonyl (C=O) groups is 1. The average Bonchev–Trinajstić information content (AvgIpc) is 3.17. The molecule has 2 aromatic heterocycles. The van der Waals surface area contributed by atoms with Gasteiger partial charge in [0, 0.05) is 27.3 Å². The van der Waals surface area contributed by atoms with Crippen molar-refractivity contribution < 1.29 is 4.79 Å². The lowest BCUT2D eigenvalue weighted by Crippen LogP contribution is -2.14. The normalized spacial score (nSPS) is 11.1. The molecule has 0 spiro atoms. The lowest BCUT2D eigenvalue weighted by atomic mass is 10.2. The third kappa shape index (κ3) is 4.58. The van der Waals surface area contributed by atoms with Crippen LogP contribution in [0.4, 0.5) is 5.13 Å². The van der Waals surface area contributed by atoms with E-state index in [1.54, 1.807) is 23.5 Å². The van der Waals surface area contributed by atoms with Crippen molar-refractivity contribution in [1.82, 2.24) is 9.97 Å². The zero-order chi connectivity index (χ0) is 18.0. The Morgan fingerprint density at radius 3 is 2.68 bits per heavy atom. The topological polar surface area (TPSA) is 54.9 Å². The molecule has 4 nitrogen and oxygen atoms in total. The minimum Gasteiger partial charge on any atom is -0.302 e. The summed E-state index contributed by atoms with van der Waals surface area (Å²) in [5.41, 5.74) is 2.27. The van der Waals surface area contributed by atoms with Crippen LogP contribution in [0.3, 0.4) is 0 Å². The molecule has 0 bridgehead atoms. The zero-order valence-corrected chi connectivity index (χ0v) is 16.7. The molecule has 130 valence electrons. The van der Waals surface area contributed by atoms with Crippen molar-refractivity contribution in [2.45, 2.75) is 26.2 Å². The number of thiazole rings is 2. The molecule has 0 atom stereocenters. The van der Waals surface area contributed by atoms with Gasteiger partial charge in [0.1, 0.15) is 0 Å². The third-order valence-electron chi connectivity index (χ3n) is 3.36. The molecule has 0 fully saturated rings. The van der Waals surface area contributed by atoms with Gasteiger partial charge in [-0.25, -0.2) is 9.97 Å². The predicted octanol–water partition coefficient (Wildman–Crippen LogP) is 5.88. The number of benzene rings is 1.